The van der Waals surface area contributed by atoms with Crippen molar-refractivity contribution >= 4 is 11.6 Å². The molecule has 4 heterocycles. The van der Waals surface area contributed by atoms with Crippen molar-refractivity contribution < 1.29 is 22.7 Å². The first-order chi connectivity index (χ1) is 13.7. The molecule has 3 N–H and O–H groups in total. The fourth-order valence-corrected chi connectivity index (χ4v) is 3.15. The zero-order valence-corrected chi connectivity index (χ0v) is 15.3. The van der Waals surface area contributed by atoms with Gasteiger partial charge in [-0.05, 0) is 19.1 Å². The molecule has 0 spiro atoms. The van der Waals surface area contributed by atoms with Gasteiger partial charge in [-0.1, -0.05) is 6.07 Å². The predicted molar refractivity (Wildman–Crippen MR) is 97.0 cm³/mol. The summed E-state index contributed by atoms with van der Waals surface area (Å²) in [5.74, 6) is 0.201. The van der Waals surface area contributed by atoms with Crippen LogP contribution in [0.5, 0.6) is 0 Å². The second kappa shape index (κ2) is 6.92. The smallest absolute Gasteiger partial charge is 0.376 e. The molecule has 0 amide bonds. The first-order valence-electron chi connectivity index (χ1n) is 8.88. The number of hydrogen-bond acceptors (Lipinski definition) is 6. The quantitative estimate of drug-likeness (QED) is 0.572. The molecule has 4 rings (SSSR count). The monoisotopic (exact) mass is 410 g/mol. The van der Waals surface area contributed by atoms with E-state index in [1.807, 2.05) is 0 Å². The Morgan fingerprint density at radius 1 is 1.21 bits per heavy atom. The third kappa shape index (κ3) is 3.51. The molecule has 11 heteroatoms. The maximum absolute atomic E-state index is 13.8. The van der Waals surface area contributed by atoms with Gasteiger partial charge in [-0.2, -0.15) is 13.2 Å². The Kier molecular flexibility index (Phi) is 4.66. The number of halogens is 4. The van der Waals surface area contributed by atoms with Crippen LogP contribution in [0.1, 0.15) is 12.5 Å². The van der Waals surface area contributed by atoms with Gasteiger partial charge >= 0.3 is 6.18 Å². The topological polar surface area (TPSA) is 87.4 Å². The van der Waals surface area contributed by atoms with E-state index < -0.39 is 24.0 Å². The van der Waals surface area contributed by atoms with E-state index in [2.05, 4.69) is 25.6 Å². The average molecular weight is 410 g/mol. The highest BCUT2D eigenvalue weighted by Gasteiger charge is 2.51. The first kappa shape index (κ1) is 19.5. The van der Waals surface area contributed by atoms with Gasteiger partial charge in [0.05, 0.1) is 23.6 Å². The number of rotatable bonds is 4. The molecule has 29 heavy (non-hydrogen) atoms. The van der Waals surface area contributed by atoms with Gasteiger partial charge < -0.3 is 15.7 Å². The summed E-state index contributed by atoms with van der Waals surface area (Å²) in [6, 6.07) is 3.67. The van der Waals surface area contributed by atoms with Crippen molar-refractivity contribution in [3.8, 4) is 11.4 Å². The summed E-state index contributed by atoms with van der Waals surface area (Å²) >= 11 is 0. The molecule has 0 radical (unpaired) electrons. The molecule has 3 aromatic rings. The second-order valence-electron chi connectivity index (χ2n) is 7.05. The molecule has 1 saturated heterocycles. The summed E-state index contributed by atoms with van der Waals surface area (Å²) in [7, 11) is 0. The lowest BCUT2D eigenvalue weighted by atomic mass is 9.97. The third-order valence-electron chi connectivity index (χ3n) is 4.99. The van der Waals surface area contributed by atoms with Crippen LogP contribution < -0.4 is 10.6 Å². The van der Waals surface area contributed by atoms with E-state index in [-0.39, 0.29) is 18.1 Å². The lowest BCUT2D eigenvalue weighted by Crippen LogP contribution is -2.39. The molecule has 0 bridgehead atoms. The molecular weight excluding hydrogens is 392 g/mol. The minimum atomic E-state index is -4.84. The van der Waals surface area contributed by atoms with E-state index in [1.54, 1.807) is 6.07 Å². The van der Waals surface area contributed by atoms with Crippen LogP contribution >= 0.6 is 0 Å². The van der Waals surface area contributed by atoms with Crippen molar-refractivity contribution in [1.29, 1.82) is 0 Å². The first-order valence-corrected chi connectivity index (χ1v) is 8.88. The Bertz CT molecular complexity index is 1030. The van der Waals surface area contributed by atoms with Gasteiger partial charge in [0.1, 0.15) is 11.8 Å². The van der Waals surface area contributed by atoms with E-state index in [9.17, 15) is 22.7 Å². The minimum Gasteiger partial charge on any atom is -0.376 e. The van der Waals surface area contributed by atoms with Crippen molar-refractivity contribution in [2.75, 3.05) is 18.4 Å². The van der Waals surface area contributed by atoms with E-state index in [0.29, 0.717) is 30.5 Å². The fourth-order valence-electron chi connectivity index (χ4n) is 3.15. The Hall–Kier alpha value is -2.79. The number of anilines is 1. The summed E-state index contributed by atoms with van der Waals surface area (Å²) in [6.45, 7) is 1.37. The molecule has 154 valence electrons. The lowest BCUT2D eigenvalue weighted by Gasteiger charge is -2.26. The standard InChI is InChI=1S/C18H18F4N6O/c1-17(29,18(20,21)22)10-2-3-15-25-8-14(28(15)9-10)12-4-5-24-16(26-12)27-13-7-23-6-11(13)19/h2-5,8-9,11,13,23,29H,6-7H2,1H3,(H,24,26,27)/t11-,13-,17+/m0/s1. The Morgan fingerprint density at radius 2 is 2.00 bits per heavy atom. The van der Waals surface area contributed by atoms with Crippen LogP contribution in [0.4, 0.5) is 23.5 Å². The second-order valence-corrected chi connectivity index (χ2v) is 7.05. The maximum atomic E-state index is 13.8. The highest BCUT2D eigenvalue weighted by atomic mass is 19.4. The van der Waals surface area contributed by atoms with Crippen molar-refractivity contribution in [1.82, 2.24) is 24.7 Å². The largest absolute Gasteiger partial charge is 0.421 e. The molecule has 3 aromatic heterocycles. The van der Waals surface area contributed by atoms with Gasteiger partial charge in [-0.3, -0.25) is 4.40 Å². The van der Waals surface area contributed by atoms with Crippen LogP contribution in [0.3, 0.4) is 0 Å². The van der Waals surface area contributed by atoms with Crippen molar-refractivity contribution in [2.24, 2.45) is 0 Å². The highest BCUT2D eigenvalue weighted by Crippen LogP contribution is 2.38. The molecule has 1 aliphatic rings. The van der Waals surface area contributed by atoms with Crippen LogP contribution in [0.25, 0.3) is 17.0 Å². The molecule has 7 nitrogen and oxygen atoms in total. The maximum Gasteiger partial charge on any atom is 0.421 e. The number of alkyl halides is 4. The summed E-state index contributed by atoms with van der Waals surface area (Å²) in [4.78, 5) is 12.6. The van der Waals surface area contributed by atoms with Gasteiger partial charge in [-0.25, -0.2) is 19.3 Å². The van der Waals surface area contributed by atoms with E-state index >= 15 is 0 Å². The highest BCUT2D eigenvalue weighted by molar-refractivity contribution is 5.61. The normalized spacial score (nSPS) is 22.0. The zero-order chi connectivity index (χ0) is 20.8. The van der Waals surface area contributed by atoms with Gasteiger partial charge in [0.25, 0.3) is 0 Å². The zero-order valence-electron chi connectivity index (χ0n) is 15.3. The molecule has 1 aliphatic heterocycles. The van der Waals surface area contributed by atoms with Gasteiger partial charge in [0, 0.05) is 31.0 Å². The summed E-state index contributed by atoms with van der Waals surface area (Å²) in [5, 5.41) is 15.8. The van der Waals surface area contributed by atoms with Crippen LogP contribution in [0, 0.1) is 0 Å². The minimum absolute atomic E-state index is 0.201. The number of nitrogens with one attached hydrogen (secondary N) is 2. The summed E-state index contributed by atoms with van der Waals surface area (Å²) in [5.41, 5.74) is -2.17. The number of nitrogens with zero attached hydrogens (tertiary/aromatic N) is 4. The Balaban J connectivity index is 1.71. The fraction of sp³-hybridized carbons (Fsp3) is 0.389. The number of hydrogen-bond donors (Lipinski definition) is 3. The van der Waals surface area contributed by atoms with Crippen molar-refractivity contribution in [3.05, 3.63) is 42.4 Å². The van der Waals surface area contributed by atoms with Crippen LogP contribution in [0.15, 0.2) is 36.8 Å². The van der Waals surface area contributed by atoms with Crippen LogP contribution in [0.2, 0.25) is 0 Å². The van der Waals surface area contributed by atoms with Crippen molar-refractivity contribution in [2.45, 2.75) is 30.9 Å². The summed E-state index contributed by atoms with van der Waals surface area (Å²) in [6.07, 6.45) is -1.81. The number of fused-ring (bicyclic) bond motifs is 1. The van der Waals surface area contributed by atoms with E-state index in [4.69, 9.17) is 0 Å². The number of aromatic nitrogens is 4. The van der Waals surface area contributed by atoms with Crippen LogP contribution in [-0.2, 0) is 5.60 Å². The number of pyridine rings is 1. The molecule has 0 unspecified atom stereocenters. The number of aliphatic hydroxyl groups is 1. The van der Waals surface area contributed by atoms with E-state index in [1.165, 1.54) is 35.1 Å². The van der Waals surface area contributed by atoms with Gasteiger partial charge in [0.2, 0.25) is 5.95 Å². The molecule has 0 aromatic carbocycles. The third-order valence-corrected chi connectivity index (χ3v) is 4.99. The van der Waals surface area contributed by atoms with Gasteiger partial charge in [0.15, 0.2) is 5.60 Å². The van der Waals surface area contributed by atoms with Crippen molar-refractivity contribution in [3.63, 3.8) is 0 Å². The molecule has 0 saturated carbocycles. The predicted octanol–water partition coefficient (Wildman–Crippen LogP) is 2.28. The molecule has 1 fully saturated rings. The molecular formula is C18H18F4N6O. The van der Waals surface area contributed by atoms with Crippen LogP contribution in [-0.4, -0.2) is 55.9 Å². The molecule has 3 atom stereocenters. The van der Waals surface area contributed by atoms with Gasteiger partial charge in [-0.15, -0.1) is 0 Å². The lowest BCUT2D eigenvalue weighted by molar-refractivity contribution is -0.259. The average Bonchev–Trinajstić information content (AvgIpc) is 3.27. The number of imidazole rings is 1. The SMILES string of the molecule is C[C@@](O)(c1ccc2ncc(-c3ccnc(N[C@H]4CNC[C@@H]4F)n3)n2c1)C(F)(F)F. The van der Waals surface area contributed by atoms with E-state index in [0.717, 1.165) is 0 Å². The molecule has 0 aliphatic carbocycles. The summed E-state index contributed by atoms with van der Waals surface area (Å²) < 4.78 is 54.8. The Labute approximate surface area is 162 Å². The Morgan fingerprint density at radius 3 is 2.69 bits per heavy atom.